The fourth-order valence-electron chi connectivity index (χ4n) is 2.17. The minimum atomic E-state index is -0.754. The van der Waals surface area contributed by atoms with Gasteiger partial charge in [0, 0.05) is 12.6 Å². The third-order valence-electron chi connectivity index (χ3n) is 2.96. The lowest BCUT2D eigenvalue weighted by Gasteiger charge is -2.29. The van der Waals surface area contributed by atoms with Crippen LogP contribution in [0.25, 0.3) is 0 Å². The quantitative estimate of drug-likeness (QED) is 0.694. The highest BCUT2D eigenvalue weighted by molar-refractivity contribution is 5.85. The molecule has 4 nitrogen and oxygen atoms in total. The number of nitrogens with two attached hydrogens (primary N) is 1. The summed E-state index contributed by atoms with van der Waals surface area (Å²) in [5.74, 6) is 0.530. The van der Waals surface area contributed by atoms with E-state index in [4.69, 9.17) is 5.73 Å². The Hall–Kier alpha value is -0.610. The van der Waals surface area contributed by atoms with Crippen molar-refractivity contribution in [3.05, 3.63) is 0 Å². The fraction of sp³-hybridized carbons (Fsp3) is 0.929. The molecule has 0 fully saturated rings. The number of nitrogens with one attached hydrogen (secondary N) is 1. The average Bonchev–Trinajstić information content (AvgIpc) is 2.14. The summed E-state index contributed by atoms with van der Waals surface area (Å²) >= 11 is 0. The highest BCUT2D eigenvalue weighted by atomic mass is 16.2. The highest BCUT2D eigenvalue weighted by Gasteiger charge is 2.29. The Bertz CT molecular complexity index is 239. The molecule has 0 saturated heterocycles. The van der Waals surface area contributed by atoms with Gasteiger partial charge in [0.05, 0.1) is 5.54 Å². The number of hydrogen-bond acceptors (Lipinski definition) is 3. The maximum Gasteiger partial charge on any atom is 0.240 e. The van der Waals surface area contributed by atoms with E-state index in [1.165, 1.54) is 0 Å². The number of carbonyl (C=O) groups is 1. The Balaban J connectivity index is 4.51. The van der Waals surface area contributed by atoms with Crippen LogP contribution in [0, 0.1) is 5.92 Å². The predicted octanol–water partition coefficient (Wildman–Crippen LogP) is 1.60. The number of amides is 1. The molecular formula is C14H31N3O. The number of likely N-dealkylation sites (N-methyl/N-ethyl adjacent to an activating group) is 1. The molecule has 0 heterocycles. The SMILES string of the molecule is CCCC(C)(N)C(=O)NC(CC(C)C)CN(C)C. The Morgan fingerprint density at radius 3 is 2.33 bits per heavy atom. The molecule has 0 aromatic carbocycles. The van der Waals surface area contributed by atoms with Crippen LogP contribution in [0.15, 0.2) is 0 Å². The van der Waals surface area contributed by atoms with Crippen molar-refractivity contribution in [1.29, 1.82) is 0 Å². The second-order valence-corrected chi connectivity index (χ2v) is 6.23. The molecule has 4 heteroatoms. The van der Waals surface area contributed by atoms with Crippen LogP contribution in [-0.2, 0) is 4.79 Å². The molecule has 0 bridgehead atoms. The third kappa shape index (κ3) is 6.97. The van der Waals surface area contributed by atoms with Gasteiger partial charge in [-0.2, -0.15) is 0 Å². The minimum absolute atomic E-state index is 0.0307. The lowest BCUT2D eigenvalue weighted by Crippen LogP contribution is -2.55. The van der Waals surface area contributed by atoms with Gasteiger partial charge in [0.1, 0.15) is 0 Å². The normalized spacial score (nSPS) is 16.7. The van der Waals surface area contributed by atoms with Gasteiger partial charge in [-0.05, 0) is 39.8 Å². The zero-order chi connectivity index (χ0) is 14.3. The summed E-state index contributed by atoms with van der Waals surface area (Å²) < 4.78 is 0. The van der Waals surface area contributed by atoms with Crippen molar-refractivity contribution in [1.82, 2.24) is 10.2 Å². The van der Waals surface area contributed by atoms with E-state index < -0.39 is 5.54 Å². The van der Waals surface area contributed by atoms with Crippen molar-refractivity contribution in [3.8, 4) is 0 Å². The molecule has 0 saturated carbocycles. The van der Waals surface area contributed by atoms with Crippen molar-refractivity contribution in [3.63, 3.8) is 0 Å². The molecular weight excluding hydrogens is 226 g/mol. The smallest absolute Gasteiger partial charge is 0.240 e. The van der Waals surface area contributed by atoms with Gasteiger partial charge in [-0.25, -0.2) is 0 Å². The lowest BCUT2D eigenvalue weighted by atomic mass is 9.95. The van der Waals surface area contributed by atoms with Gasteiger partial charge < -0.3 is 16.0 Å². The number of rotatable bonds is 8. The van der Waals surface area contributed by atoms with Crippen LogP contribution in [-0.4, -0.2) is 43.0 Å². The topological polar surface area (TPSA) is 58.4 Å². The maximum atomic E-state index is 12.2. The van der Waals surface area contributed by atoms with Gasteiger partial charge in [-0.15, -0.1) is 0 Å². The summed E-state index contributed by atoms with van der Waals surface area (Å²) in [6, 6.07) is 0.173. The molecule has 0 aliphatic heterocycles. The van der Waals surface area contributed by atoms with Crippen LogP contribution in [0.1, 0.15) is 47.0 Å². The monoisotopic (exact) mass is 257 g/mol. The lowest BCUT2D eigenvalue weighted by molar-refractivity contribution is -0.127. The molecule has 0 radical (unpaired) electrons. The summed E-state index contributed by atoms with van der Waals surface area (Å²) in [5.41, 5.74) is 5.30. The fourth-order valence-corrected chi connectivity index (χ4v) is 2.17. The highest BCUT2D eigenvalue weighted by Crippen LogP contribution is 2.11. The van der Waals surface area contributed by atoms with Crippen molar-refractivity contribution >= 4 is 5.91 Å². The van der Waals surface area contributed by atoms with Gasteiger partial charge in [-0.1, -0.05) is 27.2 Å². The van der Waals surface area contributed by atoms with Crippen molar-refractivity contribution in [2.24, 2.45) is 11.7 Å². The summed E-state index contributed by atoms with van der Waals surface area (Å²) in [4.78, 5) is 14.3. The van der Waals surface area contributed by atoms with Gasteiger partial charge in [-0.3, -0.25) is 4.79 Å². The van der Waals surface area contributed by atoms with Gasteiger partial charge in [0.25, 0.3) is 0 Å². The summed E-state index contributed by atoms with van der Waals surface area (Å²) in [6.07, 6.45) is 2.62. The molecule has 0 spiro atoms. The Labute approximate surface area is 112 Å². The standard InChI is InChI=1S/C14H31N3O/c1-7-8-14(4,15)13(18)16-12(9-11(2)3)10-17(5)6/h11-12H,7-10,15H2,1-6H3,(H,16,18). The van der Waals surface area contributed by atoms with E-state index in [1.807, 2.05) is 27.9 Å². The van der Waals surface area contributed by atoms with Crippen molar-refractivity contribution < 1.29 is 4.79 Å². The van der Waals surface area contributed by atoms with Crippen LogP contribution >= 0.6 is 0 Å². The molecule has 1 amide bonds. The molecule has 2 unspecified atom stereocenters. The van der Waals surface area contributed by atoms with E-state index in [0.717, 1.165) is 25.8 Å². The number of nitrogens with zero attached hydrogens (tertiary/aromatic N) is 1. The molecule has 0 aromatic heterocycles. The van der Waals surface area contributed by atoms with E-state index in [1.54, 1.807) is 0 Å². The van der Waals surface area contributed by atoms with E-state index >= 15 is 0 Å². The zero-order valence-electron chi connectivity index (χ0n) is 12.9. The van der Waals surface area contributed by atoms with Crippen molar-refractivity contribution in [2.75, 3.05) is 20.6 Å². The van der Waals surface area contributed by atoms with Crippen molar-refractivity contribution in [2.45, 2.75) is 58.5 Å². The van der Waals surface area contributed by atoms with Gasteiger partial charge >= 0.3 is 0 Å². The largest absolute Gasteiger partial charge is 0.350 e. The molecule has 0 aliphatic carbocycles. The Kier molecular flexibility index (Phi) is 7.48. The first-order valence-electron chi connectivity index (χ1n) is 6.93. The van der Waals surface area contributed by atoms with E-state index in [0.29, 0.717) is 5.92 Å². The maximum absolute atomic E-state index is 12.2. The Morgan fingerprint density at radius 1 is 1.39 bits per heavy atom. The van der Waals surface area contributed by atoms with Crippen LogP contribution < -0.4 is 11.1 Å². The molecule has 2 atom stereocenters. The second-order valence-electron chi connectivity index (χ2n) is 6.23. The second kappa shape index (κ2) is 7.74. The predicted molar refractivity (Wildman–Crippen MR) is 77.4 cm³/mol. The van der Waals surface area contributed by atoms with Crippen LogP contribution in [0.2, 0.25) is 0 Å². The minimum Gasteiger partial charge on any atom is -0.350 e. The van der Waals surface area contributed by atoms with E-state index in [2.05, 4.69) is 24.1 Å². The van der Waals surface area contributed by atoms with Gasteiger partial charge in [0.15, 0.2) is 0 Å². The van der Waals surface area contributed by atoms with Gasteiger partial charge in [0.2, 0.25) is 5.91 Å². The Morgan fingerprint density at radius 2 is 1.94 bits per heavy atom. The van der Waals surface area contributed by atoms with Crippen LogP contribution in [0.3, 0.4) is 0 Å². The molecule has 0 rings (SSSR count). The first-order valence-corrected chi connectivity index (χ1v) is 6.93. The van der Waals surface area contributed by atoms with E-state index in [-0.39, 0.29) is 11.9 Å². The molecule has 0 aromatic rings. The summed E-state index contributed by atoms with van der Waals surface area (Å²) in [6.45, 7) is 9.05. The van der Waals surface area contributed by atoms with E-state index in [9.17, 15) is 4.79 Å². The number of carbonyl (C=O) groups excluding carboxylic acids is 1. The molecule has 108 valence electrons. The molecule has 0 aliphatic rings. The van der Waals surface area contributed by atoms with Crippen LogP contribution in [0.4, 0.5) is 0 Å². The first-order chi connectivity index (χ1) is 8.19. The summed E-state index contributed by atoms with van der Waals surface area (Å²) in [7, 11) is 4.04. The third-order valence-corrected chi connectivity index (χ3v) is 2.96. The van der Waals surface area contributed by atoms with Crippen LogP contribution in [0.5, 0.6) is 0 Å². The first kappa shape index (κ1) is 17.4. The molecule has 3 N–H and O–H groups in total. The number of hydrogen-bond donors (Lipinski definition) is 2. The average molecular weight is 257 g/mol. The molecule has 18 heavy (non-hydrogen) atoms. The summed E-state index contributed by atoms with van der Waals surface area (Å²) in [5, 5.41) is 3.10. The zero-order valence-corrected chi connectivity index (χ0v) is 12.9.